The molecule has 0 N–H and O–H groups in total. The van der Waals surface area contributed by atoms with Crippen molar-refractivity contribution in [2.75, 3.05) is 20.8 Å². The normalized spacial score (nSPS) is 14.7. The summed E-state index contributed by atoms with van der Waals surface area (Å²) in [7, 11) is 2.47. The Hall–Kier alpha value is -2.73. The predicted octanol–water partition coefficient (Wildman–Crippen LogP) is -0.105. The molecule has 12 nitrogen and oxygen atoms in total. The number of carbonyl (C=O) groups is 5. The summed E-state index contributed by atoms with van der Waals surface area (Å²) in [5.74, 6) is -3.98. The Labute approximate surface area is 174 Å². The van der Waals surface area contributed by atoms with Gasteiger partial charge in [0.25, 0.3) is 0 Å². The number of methoxy groups -OCH3 is 2. The molecule has 172 valence electrons. The summed E-state index contributed by atoms with van der Waals surface area (Å²) in [6, 6.07) is 0. The first-order chi connectivity index (χ1) is 13.9. The molecule has 0 saturated carbocycles. The van der Waals surface area contributed by atoms with Crippen LogP contribution in [-0.4, -0.2) is 81.4 Å². The minimum Gasteiger partial charge on any atom is -0.462 e. The highest BCUT2D eigenvalue weighted by molar-refractivity contribution is 5.69. The Morgan fingerprint density at radius 3 is 1.33 bits per heavy atom. The summed E-state index contributed by atoms with van der Waals surface area (Å²) in [5, 5.41) is 0. The Balaban J connectivity index is 6.37. The summed E-state index contributed by atoms with van der Waals surface area (Å²) in [5.41, 5.74) is 0. The lowest BCUT2D eigenvalue weighted by Crippen LogP contribution is -2.56. The summed E-state index contributed by atoms with van der Waals surface area (Å²) in [6.07, 6.45) is -7.22. The average molecular weight is 436 g/mol. The van der Waals surface area contributed by atoms with Gasteiger partial charge in [0.15, 0.2) is 30.7 Å². The fourth-order valence-corrected chi connectivity index (χ4v) is 2.50. The number of rotatable bonds is 12. The summed E-state index contributed by atoms with van der Waals surface area (Å²) in [6.45, 7) is 4.85. The van der Waals surface area contributed by atoms with E-state index in [1.54, 1.807) is 0 Å². The Bertz CT molecular complexity index is 612. The van der Waals surface area contributed by atoms with Crippen LogP contribution in [0.25, 0.3) is 0 Å². The van der Waals surface area contributed by atoms with Crippen LogP contribution in [0.4, 0.5) is 0 Å². The molecule has 0 aliphatic heterocycles. The average Bonchev–Trinajstić information content (AvgIpc) is 2.60. The molecule has 0 aromatic rings. The topological polar surface area (TPSA) is 150 Å². The molecule has 0 unspecified atom stereocenters. The van der Waals surface area contributed by atoms with Gasteiger partial charge in [-0.2, -0.15) is 0 Å². The Morgan fingerprint density at radius 2 is 0.967 bits per heavy atom. The van der Waals surface area contributed by atoms with Crippen molar-refractivity contribution in [2.45, 2.75) is 65.3 Å². The largest absolute Gasteiger partial charge is 0.462 e. The van der Waals surface area contributed by atoms with Crippen molar-refractivity contribution in [3.8, 4) is 0 Å². The van der Waals surface area contributed by atoms with Gasteiger partial charge in [-0.1, -0.05) is 0 Å². The van der Waals surface area contributed by atoms with E-state index in [0.717, 1.165) is 34.6 Å². The maximum absolute atomic E-state index is 11.8. The SMILES string of the molecule is COC(OC)[C@@H](OC(C)=O)[C@@H](OC(C)=O)[C@H](OC(C)=O)[C@H](COC(C)=O)OC(C)=O. The van der Waals surface area contributed by atoms with Gasteiger partial charge in [0.05, 0.1) is 0 Å². The third-order valence-corrected chi connectivity index (χ3v) is 3.42. The lowest BCUT2D eigenvalue weighted by atomic mass is 10.0. The molecular formula is C18H28O12. The van der Waals surface area contributed by atoms with Crippen LogP contribution < -0.4 is 0 Å². The molecule has 0 fully saturated rings. The first-order valence-electron chi connectivity index (χ1n) is 8.80. The van der Waals surface area contributed by atoms with Gasteiger partial charge in [0.2, 0.25) is 0 Å². The van der Waals surface area contributed by atoms with Gasteiger partial charge >= 0.3 is 29.8 Å². The van der Waals surface area contributed by atoms with Gasteiger partial charge < -0.3 is 33.2 Å². The van der Waals surface area contributed by atoms with Crippen LogP contribution in [0.15, 0.2) is 0 Å². The van der Waals surface area contributed by atoms with Crippen molar-refractivity contribution >= 4 is 29.8 Å². The Kier molecular flexibility index (Phi) is 12.3. The van der Waals surface area contributed by atoms with Crippen molar-refractivity contribution < 1.29 is 57.1 Å². The first kappa shape index (κ1) is 27.3. The predicted molar refractivity (Wildman–Crippen MR) is 96.7 cm³/mol. The van der Waals surface area contributed by atoms with Crippen molar-refractivity contribution in [1.29, 1.82) is 0 Å². The van der Waals surface area contributed by atoms with Crippen LogP contribution in [0.1, 0.15) is 34.6 Å². The molecule has 0 aliphatic carbocycles. The highest BCUT2D eigenvalue weighted by Gasteiger charge is 2.47. The van der Waals surface area contributed by atoms with Crippen molar-refractivity contribution in [3.63, 3.8) is 0 Å². The minimum atomic E-state index is -1.56. The van der Waals surface area contributed by atoms with Crippen LogP contribution in [0.5, 0.6) is 0 Å². The van der Waals surface area contributed by atoms with Crippen LogP contribution in [-0.2, 0) is 57.1 Å². The van der Waals surface area contributed by atoms with Gasteiger partial charge in [0, 0.05) is 48.8 Å². The summed E-state index contributed by atoms with van der Waals surface area (Å²) < 4.78 is 35.9. The quantitative estimate of drug-likeness (QED) is 0.228. The first-order valence-corrected chi connectivity index (χ1v) is 8.80. The van der Waals surface area contributed by atoms with Crippen LogP contribution >= 0.6 is 0 Å². The highest BCUT2D eigenvalue weighted by atomic mass is 16.7. The number of esters is 5. The zero-order valence-electron chi connectivity index (χ0n) is 18.0. The van der Waals surface area contributed by atoms with Gasteiger partial charge in [-0.3, -0.25) is 24.0 Å². The second kappa shape index (κ2) is 13.5. The minimum absolute atomic E-state index is 0.540. The van der Waals surface area contributed by atoms with E-state index in [0.29, 0.717) is 0 Å². The van der Waals surface area contributed by atoms with E-state index in [-0.39, 0.29) is 0 Å². The second-order valence-electron chi connectivity index (χ2n) is 6.01. The van der Waals surface area contributed by atoms with Crippen LogP contribution in [0.2, 0.25) is 0 Å². The van der Waals surface area contributed by atoms with Gasteiger partial charge in [-0.05, 0) is 0 Å². The zero-order chi connectivity index (χ0) is 23.4. The van der Waals surface area contributed by atoms with E-state index in [2.05, 4.69) is 0 Å². The number of ether oxygens (including phenoxy) is 7. The third kappa shape index (κ3) is 10.2. The highest BCUT2D eigenvalue weighted by Crippen LogP contribution is 2.23. The number of hydrogen-bond donors (Lipinski definition) is 0. The lowest BCUT2D eigenvalue weighted by Gasteiger charge is -2.37. The molecule has 0 aromatic heterocycles. The fourth-order valence-electron chi connectivity index (χ4n) is 2.50. The molecule has 0 saturated heterocycles. The maximum Gasteiger partial charge on any atom is 0.303 e. The summed E-state index contributed by atoms with van der Waals surface area (Å²) in [4.78, 5) is 58.0. The van der Waals surface area contributed by atoms with E-state index in [9.17, 15) is 24.0 Å². The fraction of sp³-hybridized carbons (Fsp3) is 0.722. The van der Waals surface area contributed by atoms with Crippen molar-refractivity contribution in [3.05, 3.63) is 0 Å². The number of hydrogen-bond acceptors (Lipinski definition) is 12. The second-order valence-corrected chi connectivity index (χ2v) is 6.01. The maximum atomic E-state index is 11.8. The van der Waals surface area contributed by atoms with E-state index in [4.69, 9.17) is 33.2 Å². The lowest BCUT2D eigenvalue weighted by molar-refractivity contribution is -0.239. The zero-order valence-corrected chi connectivity index (χ0v) is 18.0. The van der Waals surface area contributed by atoms with E-state index < -0.39 is 67.2 Å². The molecule has 0 bridgehead atoms. The van der Waals surface area contributed by atoms with Gasteiger partial charge in [-0.15, -0.1) is 0 Å². The third-order valence-electron chi connectivity index (χ3n) is 3.42. The molecular weight excluding hydrogens is 408 g/mol. The van der Waals surface area contributed by atoms with E-state index in [1.807, 2.05) is 0 Å². The smallest absolute Gasteiger partial charge is 0.303 e. The van der Waals surface area contributed by atoms with Crippen molar-refractivity contribution in [1.82, 2.24) is 0 Å². The number of carbonyl (C=O) groups excluding carboxylic acids is 5. The van der Waals surface area contributed by atoms with E-state index >= 15 is 0 Å². The molecule has 0 aliphatic rings. The molecule has 0 heterocycles. The van der Waals surface area contributed by atoms with Crippen LogP contribution in [0.3, 0.4) is 0 Å². The van der Waals surface area contributed by atoms with Gasteiger partial charge in [-0.25, -0.2) is 0 Å². The van der Waals surface area contributed by atoms with Gasteiger partial charge in [0.1, 0.15) is 6.61 Å². The monoisotopic (exact) mass is 436 g/mol. The van der Waals surface area contributed by atoms with E-state index in [1.165, 1.54) is 14.2 Å². The Morgan fingerprint density at radius 1 is 0.567 bits per heavy atom. The molecule has 30 heavy (non-hydrogen) atoms. The molecule has 12 heteroatoms. The molecule has 4 atom stereocenters. The molecule has 0 aromatic carbocycles. The standard InChI is InChI=1S/C18H28O12/c1-9(19)26-8-14(27-10(2)20)15(28-11(3)21)16(29-12(4)22)17(30-13(5)23)18(24-6)25-7/h14-18H,8H2,1-7H3/t14-,15+,16-,17-/m0/s1. The molecule has 0 radical (unpaired) electrons. The molecule has 0 spiro atoms. The van der Waals surface area contributed by atoms with Crippen LogP contribution in [0, 0.1) is 0 Å². The summed E-state index contributed by atoms with van der Waals surface area (Å²) >= 11 is 0. The molecule has 0 rings (SSSR count). The van der Waals surface area contributed by atoms with Crippen molar-refractivity contribution in [2.24, 2.45) is 0 Å². The molecule has 0 amide bonds.